The monoisotopic (exact) mass is 421 g/mol. The zero-order valence-electron chi connectivity index (χ0n) is 16.0. The Bertz CT molecular complexity index is 864. The van der Waals surface area contributed by atoms with Gasteiger partial charge in [-0.3, -0.25) is 9.59 Å². The fourth-order valence-electron chi connectivity index (χ4n) is 3.11. The van der Waals surface area contributed by atoms with Crippen LogP contribution in [-0.2, 0) is 23.1 Å². The molecule has 0 unspecified atom stereocenters. The number of hydrogen-bond acceptors (Lipinski definition) is 5. The maximum Gasteiger partial charge on any atom is 0.232 e. The second kappa shape index (κ2) is 9.43. The first kappa shape index (κ1) is 20.7. The maximum atomic E-state index is 12.3. The van der Waals surface area contributed by atoms with E-state index in [4.69, 9.17) is 11.6 Å². The minimum atomic E-state index is -0.203. The lowest BCUT2D eigenvalue weighted by molar-refractivity contribution is -0.119. The second-order valence-corrected chi connectivity index (χ2v) is 8.33. The van der Waals surface area contributed by atoms with Crippen molar-refractivity contribution in [3.8, 4) is 0 Å². The van der Waals surface area contributed by atoms with Crippen molar-refractivity contribution < 1.29 is 9.59 Å². The molecular formula is C19H24ClN5O2S. The highest BCUT2D eigenvalue weighted by molar-refractivity contribution is 7.99. The van der Waals surface area contributed by atoms with Gasteiger partial charge in [0.25, 0.3) is 0 Å². The van der Waals surface area contributed by atoms with Crippen LogP contribution in [0.1, 0.15) is 37.1 Å². The summed E-state index contributed by atoms with van der Waals surface area (Å²) in [6, 6.07) is 5.68. The van der Waals surface area contributed by atoms with Crippen molar-refractivity contribution in [1.82, 2.24) is 20.1 Å². The van der Waals surface area contributed by atoms with Gasteiger partial charge in [0.1, 0.15) is 5.82 Å². The van der Waals surface area contributed by atoms with Crippen LogP contribution in [0, 0.1) is 6.92 Å². The summed E-state index contributed by atoms with van der Waals surface area (Å²) in [5.41, 5.74) is 1.59. The Morgan fingerprint density at radius 1 is 1.25 bits per heavy atom. The molecule has 0 atom stereocenters. The lowest BCUT2D eigenvalue weighted by atomic mass is 10.2. The molecule has 0 saturated heterocycles. The van der Waals surface area contributed by atoms with Gasteiger partial charge < -0.3 is 15.2 Å². The van der Waals surface area contributed by atoms with Crippen molar-refractivity contribution in [2.45, 2.75) is 50.2 Å². The molecule has 1 aliphatic carbocycles. The van der Waals surface area contributed by atoms with E-state index in [-0.39, 0.29) is 24.0 Å². The van der Waals surface area contributed by atoms with E-state index < -0.39 is 0 Å². The second-order valence-electron chi connectivity index (χ2n) is 6.98. The normalized spacial score (nSPS) is 14.2. The van der Waals surface area contributed by atoms with Gasteiger partial charge in [0.15, 0.2) is 5.16 Å². The van der Waals surface area contributed by atoms with Crippen LogP contribution in [0.3, 0.4) is 0 Å². The van der Waals surface area contributed by atoms with Crippen LogP contribution < -0.4 is 10.6 Å². The highest BCUT2D eigenvalue weighted by Crippen LogP contribution is 2.21. The summed E-state index contributed by atoms with van der Waals surface area (Å²) >= 11 is 7.41. The fourth-order valence-corrected chi connectivity index (χ4v) is 4.04. The van der Waals surface area contributed by atoms with Crippen molar-refractivity contribution in [3.05, 3.63) is 34.6 Å². The molecule has 1 heterocycles. The van der Waals surface area contributed by atoms with Crippen molar-refractivity contribution in [2.24, 2.45) is 7.05 Å². The molecule has 0 radical (unpaired) electrons. The molecule has 0 bridgehead atoms. The minimum absolute atomic E-state index is 0.00967. The van der Waals surface area contributed by atoms with E-state index in [2.05, 4.69) is 20.8 Å². The van der Waals surface area contributed by atoms with Crippen molar-refractivity contribution in [3.63, 3.8) is 0 Å². The smallest absolute Gasteiger partial charge is 0.232 e. The number of nitrogens with zero attached hydrogens (tertiary/aromatic N) is 3. The molecule has 7 nitrogen and oxygen atoms in total. The van der Waals surface area contributed by atoms with E-state index >= 15 is 0 Å². The Balaban J connectivity index is 1.51. The average Bonchev–Trinajstić information content (AvgIpc) is 3.27. The first-order valence-electron chi connectivity index (χ1n) is 9.29. The molecule has 1 saturated carbocycles. The van der Waals surface area contributed by atoms with Gasteiger partial charge in [0.05, 0.1) is 12.2 Å². The number of aryl methyl sites for hydroxylation is 1. The van der Waals surface area contributed by atoms with Crippen LogP contribution in [0.15, 0.2) is 23.4 Å². The van der Waals surface area contributed by atoms with Crippen LogP contribution in [0.25, 0.3) is 0 Å². The molecule has 9 heteroatoms. The molecule has 2 aromatic rings. The van der Waals surface area contributed by atoms with Gasteiger partial charge in [-0.15, -0.1) is 10.2 Å². The molecule has 28 heavy (non-hydrogen) atoms. The molecule has 1 aromatic carbocycles. The molecule has 150 valence electrons. The SMILES string of the molecule is Cc1ccc(NC(=O)Cc2nnc(SCC(=O)NC3CCCC3)n2C)cc1Cl. The highest BCUT2D eigenvalue weighted by atomic mass is 35.5. The van der Waals surface area contributed by atoms with E-state index in [9.17, 15) is 9.59 Å². The van der Waals surface area contributed by atoms with E-state index in [0.29, 0.717) is 27.7 Å². The standard InChI is InChI=1S/C19H24ClN5O2S/c1-12-7-8-14(9-15(12)20)22-17(26)10-16-23-24-19(25(16)2)28-11-18(27)21-13-5-3-4-6-13/h7-9,13H,3-6,10-11H2,1-2H3,(H,21,27)(H,22,26). The predicted octanol–water partition coefficient (Wildman–Crippen LogP) is 3.11. The average molecular weight is 422 g/mol. The summed E-state index contributed by atoms with van der Waals surface area (Å²) in [7, 11) is 1.79. The number of carbonyl (C=O) groups is 2. The molecule has 3 rings (SSSR count). The minimum Gasteiger partial charge on any atom is -0.353 e. The number of benzene rings is 1. The number of aromatic nitrogens is 3. The van der Waals surface area contributed by atoms with Gasteiger partial charge in [-0.2, -0.15) is 0 Å². The first-order chi connectivity index (χ1) is 13.4. The largest absolute Gasteiger partial charge is 0.353 e. The third-order valence-corrected chi connectivity index (χ3v) is 6.18. The molecule has 2 N–H and O–H groups in total. The summed E-state index contributed by atoms with van der Waals surface area (Å²) in [5, 5.41) is 15.3. The number of nitrogens with one attached hydrogen (secondary N) is 2. The first-order valence-corrected chi connectivity index (χ1v) is 10.6. The van der Waals surface area contributed by atoms with Crippen LogP contribution in [0.2, 0.25) is 5.02 Å². The zero-order chi connectivity index (χ0) is 20.1. The van der Waals surface area contributed by atoms with Crippen molar-refractivity contribution in [1.29, 1.82) is 0 Å². The van der Waals surface area contributed by atoms with Gasteiger partial charge in [-0.05, 0) is 37.5 Å². The number of halogens is 1. The molecule has 1 aliphatic rings. The zero-order valence-corrected chi connectivity index (χ0v) is 17.6. The summed E-state index contributed by atoms with van der Waals surface area (Å²) in [4.78, 5) is 24.4. The third-order valence-electron chi connectivity index (χ3n) is 4.75. The quantitative estimate of drug-likeness (QED) is 0.670. The number of thioether (sulfide) groups is 1. The van der Waals surface area contributed by atoms with Crippen molar-refractivity contribution >= 4 is 40.9 Å². The summed E-state index contributed by atoms with van der Waals surface area (Å²) in [5.74, 6) is 0.632. The maximum absolute atomic E-state index is 12.3. The number of rotatable bonds is 7. The summed E-state index contributed by atoms with van der Waals surface area (Å²) in [6.07, 6.45) is 4.57. The number of amides is 2. The number of carbonyl (C=O) groups excluding carboxylic acids is 2. The van der Waals surface area contributed by atoms with Gasteiger partial charge >= 0.3 is 0 Å². The highest BCUT2D eigenvalue weighted by Gasteiger charge is 2.18. The Labute approximate surface area is 173 Å². The Morgan fingerprint density at radius 2 is 2.00 bits per heavy atom. The summed E-state index contributed by atoms with van der Waals surface area (Å²) in [6.45, 7) is 1.90. The van der Waals surface area contributed by atoms with E-state index in [1.54, 1.807) is 23.7 Å². The third kappa shape index (κ3) is 5.48. The van der Waals surface area contributed by atoms with Crippen LogP contribution in [-0.4, -0.2) is 38.4 Å². The van der Waals surface area contributed by atoms with Gasteiger partial charge in [-0.1, -0.05) is 42.3 Å². The van der Waals surface area contributed by atoms with E-state index in [1.165, 1.54) is 24.6 Å². The molecule has 0 aliphatic heterocycles. The van der Waals surface area contributed by atoms with Gasteiger partial charge in [-0.25, -0.2) is 0 Å². The van der Waals surface area contributed by atoms with Crippen LogP contribution in [0.5, 0.6) is 0 Å². The Morgan fingerprint density at radius 3 is 2.71 bits per heavy atom. The molecular weight excluding hydrogens is 398 g/mol. The Kier molecular flexibility index (Phi) is 6.96. The molecule has 0 spiro atoms. The molecule has 1 aromatic heterocycles. The molecule has 2 amide bonds. The number of hydrogen-bond donors (Lipinski definition) is 2. The number of anilines is 1. The van der Waals surface area contributed by atoms with E-state index in [1.807, 2.05) is 13.0 Å². The van der Waals surface area contributed by atoms with Gasteiger partial charge in [0.2, 0.25) is 11.8 Å². The van der Waals surface area contributed by atoms with E-state index in [0.717, 1.165) is 18.4 Å². The lowest BCUT2D eigenvalue weighted by Crippen LogP contribution is -2.33. The lowest BCUT2D eigenvalue weighted by Gasteiger charge is -2.11. The topological polar surface area (TPSA) is 88.9 Å². The molecule has 1 fully saturated rings. The Hall–Kier alpha value is -2.06. The van der Waals surface area contributed by atoms with Crippen LogP contribution in [0.4, 0.5) is 5.69 Å². The fraction of sp³-hybridized carbons (Fsp3) is 0.474. The predicted molar refractivity (Wildman–Crippen MR) is 111 cm³/mol. The van der Waals surface area contributed by atoms with Gasteiger partial charge in [0, 0.05) is 23.8 Å². The van der Waals surface area contributed by atoms with Crippen molar-refractivity contribution in [2.75, 3.05) is 11.1 Å². The summed E-state index contributed by atoms with van der Waals surface area (Å²) < 4.78 is 1.75. The van der Waals surface area contributed by atoms with Crippen LogP contribution >= 0.6 is 23.4 Å².